The summed E-state index contributed by atoms with van der Waals surface area (Å²) in [5, 5.41) is 11.7. The largest absolute Gasteiger partial charge is 0.379 e. The van der Waals surface area contributed by atoms with E-state index >= 15 is 0 Å². The van der Waals surface area contributed by atoms with Crippen molar-refractivity contribution in [3.05, 3.63) is 63.9 Å². The van der Waals surface area contributed by atoms with Crippen molar-refractivity contribution in [1.29, 1.82) is 5.26 Å². The van der Waals surface area contributed by atoms with Crippen molar-refractivity contribution in [3.63, 3.8) is 0 Å². The van der Waals surface area contributed by atoms with Crippen LogP contribution in [-0.2, 0) is 6.54 Å². The van der Waals surface area contributed by atoms with Gasteiger partial charge in [0.1, 0.15) is 5.82 Å². The van der Waals surface area contributed by atoms with E-state index in [1.165, 1.54) is 6.07 Å². The van der Waals surface area contributed by atoms with E-state index in [1.807, 2.05) is 12.1 Å². The molecule has 0 bridgehead atoms. The molecule has 0 heterocycles. The number of hydrogen-bond donors (Lipinski definition) is 1. The lowest BCUT2D eigenvalue weighted by molar-refractivity contribution is 0.629. The molecule has 2 aromatic rings. The molecule has 0 atom stereocenters. The van der Waals surface area contributed by atoms with Crippen LogP contribution in [0, 0.1) is 17.1 Å². The molecule has 0 radical (unpaired) electrons. The Morgan fingerprint density at radius 1 is 1.17 bits per heavy atom. The molecule has 90 valence electrons. The molecule has 0 aromatic heterocycles. The summed E-state index contributed by atoms with van der Waals surface area (Å²) in [6.45, 7) is 0.518. The maximum Gasteiger partial charge on any atom is 0.147 e. The van der Waals surface area contributed by atoms with Gasteiger partial charge in [0.2, 0.25) is 0 Å². The molecule has 2 nitrogen and oxygen atoms in total. The predicted octanol–water partition coefficient (Wildman–Crippen LogP) is 4.07. The summed E-state index contributed by atoms with van der Waals surface area (Å²) in [7, 11) is 0. The number of halogens is 2. The summed E-state index contributed by atoms with van der Waals surface area (Å²) in [5.41, 5.74) is 2.08. The van der Waals surface area contributed by atoms with Gasteiger partial charge in [0.25, 0.3) is 0 Å². The lowest BCUT2D eigenvalue weighted by Crippen LogP contribution is -2.01. The first-order valence-electron chi connectivity index (χ1n) is 5.37. The van der Waals surface area contributed by atoms with Gasteiger partial charge in [0.05, 0.1) is 17.3 Å². The molecule has 0 aliphatic rings. The fourth-order valence-corrected chi connectivity index (χ4v) is 1.86. The number of anilines is 1. The van der Waals surface area contributed by atoms with Gasteiger partial charge in [-0.15, -0.1) is 0 Å². The Morgan fingerprint density at radius 3 is 2.50 bits per heavy atom. The second-order valence-electron chi connectivity index (χ2n) is 3.79. The lowest BCUT2D eigenvalue weighted by Gasteiger charge is -2.08. The highest BCUT2D eigenvalue weighted by Gasteiger charge is 2.02. The minimum absolute atomic E-state index is 0.293. The molecule has 1 N–H and O–H groups in total. The van der Waals surface area contributed by atoms with Crippen LogP contribution in [-0.4, -0.2) is 0 Å². The van der Waals surface area contributed by atoms with Gasteiger partial charge >= 0.3 is 0 Å². The molecule has 4 heteroatoms. The zero-order valence-electron chi connectivity index (χ0n) is 9.45. The Hall–Kier alpha value is -1.86. The Bertz CT molecular complexity index is 588. The minimum Gasteiger partial charge on any atom is -0.379 e. The minimum atomic E-state index is -0.293. The third kappa shape index (κ3) is 3.08. The van der Waals surface area contributed by atoms with Crippen molar-refractivity contribution in [3.8, 4) is 6.07 Å². The maximum absolute atomic E-state index is 13.5. The second-order valence-corrected chi connectivity index (χ2v) is 4.70. The third-order valence-electron chi connectivity index (χ3n) is 2.50. The summed E-state index contributed by atoms with van der Waals surface area (Å²) in [6, 6.07) is 14.1. The van der Waals surface area contributed by atoms with Crippen LogP contribution in [0.5, 0.6) is 0 Å². The number of nitrogens with zero attached hydrogens (tertiary/aromatic N) is 1. The van der Waals surface area contributed by atoms with E-state index in [0.29, 0.717) is 22.3 Å². The summed E-state index contributed by atoms with van der Waals surface area (Å²) >= 11 is 3.21. The summed E-state index contributed by atoms with van der Waals surface area (Å²) < 4.78 is 14.2. The first-order valence-corrected chi connectivity index (χ1v) is 6.16. The predicted molar refractivity (Wildman–Crippen MR) is 72.6 cm³/mol. The van der Waals surface area contributed by atoms with Crippen LogP contribution in [0.4, 0.5) is 10.1 Å². The van der Waals surface area contributed by atoms with E-state index < -0.39 is 0 Å². The average Bonchev–Trinajstić information content (AvgIpc) is 2.38. The van der Waals surface area contributed by atoms with Gasteiger partial charge < -0.3 is 5.32 Å². The van der Waals surface area contributed by atoms with Crippen molar-refractivity contribution in [2.75, 3.05) is 5.32 Å². The zero-order valence-corrected chi connectivity index (χ0v) is 11.0. The molecule has 0 aliphatic carbocycles. The number of nitriles is 1. The van der Waals surface area contributed by atoms with Crippen molar-refractivity contribution in [2.24, 2.45) is 0 Å². The molecule has 0 unspecified atom stereocenters. The van der Waals surface area contributed by atoms with Crippen LogP contribution >= 0.6 is 15.9 Å². The molecule has 0 spiro atoms. The first-order chi connectivity index (χ1) is 8.69. The van der Waals surface area contributed by atoms with E-state index in [0.717, 1.165) is 5.56 Å². The number of nitrogens with one attached hydrogen (secondary N) is 1. The molecular formula is C14H10BrFN2. The normalized spacial score (nSPS) is 9.83. The van der Waals surface area contributed by atoms with Gasteiger partial charge in [-0.2, -0.15) is 5.26 Å². The van der Waals surface area contributed by atoms with E-state index in [9.17, 15) is 4.39 Å². The molecule has 0 amide bonds. The van der Waals surface area contributed by atoms with E-state index in [4.69, 9.17) is 5.26 Å². The van der Waals surface area contributed by atoms with Crippen LogP contribution in [0.1, 0.15) is 11.1 Å². The van der Waals surface area contributed by atoms with Crippen LogP contribution < -0.4 is 5.32 Å². The van der Waals surface area contributed by atoms with Crippen LogP contribution in [0.25, 0.3) is 0 Å². The highest BCUT2D eigenvalue weighted by atomic mass is 79.9. The molecule has 0 saturated carbocycles. The standard InChI is InChI=1S/C14H10BrFN2/c15-12-5-6-14(13(16)7-12)18-9-11-3-1-10(8-17)2-4-11/h1-7,18H,9H2. The Labute approximate surface area is 113 Å². The molecule has 2 aromatic carbocycles. The van der Waals surface area contributed by atoms with Gasteiger partial charge in [-0.1, -0.05) is 28.1 Å². The van der Waals surface area contributed by atoms with E-state index in [1.54, 1.807) is 24.3 Å². The Balaban J connectivity index is 2.04. The highest BCUT2D eigenvalue weighted by molar-refractivity contribution is 9.10. The van der Waals surface area contributed by atoms with Gasteiger partial charge in [0.15, 0.2) is 0 Å². The van der Waals surface area contributed by atoms with Gasteiger partial charge in [-0.05, 0) is 35.9 Å². The zero-order chi connectivity index (χ0) is 13.0. The highest BCUT2D eigenvalue weighted by Crippen LogP contribution is 2.20. The third-order valence-corrected chi connectivity index (χ3v) is 2.99. The summed E-state index contributed by atoms with van der Waals surface area (Å²) in [4.78, 5) is 0. The van der Waals surface area contributed by atoms with Gasteiger partial charge in [0, 0.05) is 11.0 Å². The summed E-state index contributed by atoms with van der Waals surface area (Å²) in [6.07, 6.45) is 0. The molecule has 0 aliphatic heterocycles. The number of benzene rings is 2. The topological polar surface area (TPSA) is 35.8 Å². The van der Waals surface area contributed by atoms with E-state index in [-0.39, 0.29) is 5.82 Å². The molecule has 2 rings (SSSR count). The van der Waals surface area contributed by atoms with Gasteiger partial charge in [-0.25, -0.2) is 4.39 Å². The molecule has 0 saturated heterocycles. The van der Waals surface area contributed by atoms with Crippen molar-refractivity contribution in [1.82, 2.24) is 0 Å². The second kappa shape index (κ2) is 5.65. The smallest absolute Gasteiger partial charge is 0.147 e. The number of rotatable bonds is 3. The SMILES string of the molecule is N#Cc1ccc(CNc2ccc(Br)cc2F)cc1. The Kier molecular flexibility index (Phi) is 3.96. The first kappa shape index (κ1) is 12.6. The molecule has 0 fully saturated rings. The van der Waals surface area contributed by atoms with Crippen molar-refractivity contribution < 1.29 is 4.39 Å². The summed E-state index contributed by atoms with van der Waals surface area (Å²) in [5.74, 6) is -0.293. The fraction of sp³-hybridized carbons (Fsp3) is 0.0714. The number of hydrogen-bond acceptors (Lipinski definition) is 2. The fourth-order valence-electron chi connectivity index (χ4n) is 1.53. The van der Waals surface area contributed by atoms with Gasteiger partial charge in [-0.3, -0.25) is 0 Å². The van der Waals surface area contributed by atoms with Crippen molar-refractivity contribution in [2.45, 2.75) is 6.54 Å². The van der Waals surface area contributed by atoms with Crippen LogP contribution in [0.2, 0.25) is 0 Å². The average molecular weight is 305 g/mol. The molecular weight excluding hydrogens is 295 g/mol. The van der Waals surface area contributed by atoms with Crippen molar-refractivity contribution >= 4 is 21.6 Å². The molecule has 18 heavy (non-hydrogen) atoms. The van der Waals surface area contributed by atoms with E-state index in [2.05, 4.69) is 27.3 Å². The quantitative estimate of drug-likeness (QED) is 0.927. The maximum atomic E-state index is 13.5. The monoisotopic (exact) mass is 304 g/mol. The lowest BCUT2D eigenvalue weighted by atomic mass is 10.1. The van der Waals surface area contributed by atoms with Crippen LogP contribution in [0.3, 0.4) is 0 Å². The Morgan fingerprint density at radius 2 is 1.89 bits per heavy atom. The van der Waals surface area contributed by atoms with Crippen LogP contribution in [0.15, 0.2) is 46.9 Å².